The number of amides is 1. The summed E-state index contributed by atoms with van der Waals surface area (Å²) in [5, 5.41) is 13.0. The van der Waals surface area contributed by atoms with Gasteiger partial charge in [0.1, 0.15) is 0 Å². The van der Waals surface area contributed by atoms with Crippen LogP contribution in [-0.4, -0.2) is 45.4 Å². The highest BCUT2D eigenvalue weighted by Gasteiger charge is 2.14. The molecule has 0 aliphatic carbocycles. The molecular weight excluding hydrogens is 182 g/mol. The van der Waals surface area contributed by atoms with E-state index in [0.29, 0.717) is 12.1 Å². The molecule has 1 unspecified atom stereocenters. The topological polar surface area (TPSA) is 58.4 Å². The number of rotatable bonds is 3. The van der Waals surface area contributed by atoms with Crippen molar-refractivity contribution in [3.8, 4) is 0 Å². The highest BCUT2D eigenvalue weighted by atomic mass is 16.3. The maximum absolute atomic E-state index is 11.7. The molecule has 0 spiro atoms. The second-order valence-electron chi connectivity index (χ2n) is 3.44. The van der Waals surface area contributed by atoms with Crippen LogP contribution < -0.4 is 0 Å². The number of aryl methyl sites for hydroxylation is 1. The van der Waals surface area contributed by atoms with Gasteiger partial charge in [0, 0.05) is 26.8 Å². The highest BCUT2D eigenvalue weighted by Crippen LogP contribution is 2.02. The quantitative estimate of drug-likeness (QED) is 0.734. The smallest absolute Gasteiger partial charge is 0.256 e. The lowest BCUT2D eigenvalue weighted by Crippen LogP contribution is -2.32. The lowest BCUT2D eigenvalue weighted by atomic mass is 10.3. The molecule has 0 aliphatic rings. The summed E-state index contributed by atoms with van der Waals surface area (Å²) in [6, 6.07) is 0. The number of nitrogens with zero attached hydrogens (tertiary/aromatic N) is 3. The number of carbonyl (C=O) groups excluding carboxylic acids is 1. The molecule has 0 saturated carbocycles. The number of hydrogen-bond donors (Lipinski definition) is 1. The van der Waals surface area contributed by atoms with Gasteiger partial charge in [-0.15, -0.1) is 0 Å². The summed E-state index contributed by atoms with van der Waals surface area (Å²) in [6.07, 6.45) is 2.66. The van der Waals surface area contributed by atoms with Gasteiger partial charge >= 0.3 is 0 Å². The predicted molar refractivity (Wildman–Crippen MR) is 51.8 cm³/mol. The molecule has 1 atom stereocenters. The van der Waals surface area contributed by atoms with E-state index in [-0.39, 0.29) is 5.91 Å². The number of aromatic nitrogens is 2. The average molecular weight is 197 g/mol. The first-order chi connectivity index (χ1) is 6.50. The molecule has 5 heteroatoms. The molecular formula is C9H15N3O2. The summed E-state index contributed by atoms with van der Waals surface area (Å²) in [7, 11) is 3.41. The van der Waals surface area contributed by atoms with Crippen molar-refractivity contribution in [3.05, 3.63) is 18.0 Å². The van der Waals surface area contributed by atoms with Gasteiger partial charge in [0.05, 0.1) is 17.9 Å². The Morgan fingerprint density at radius 3 is 2.86 bits per heavy atom. The fourth-order valence-corrected chi connectivity index (χ4v) is 1.23. The van der Waals surface area contributed by atoms with Crippen LogP contribution in [0.5, 0.6) is 0 Å². The van der Waals surface area contributed by atoms with Crippen LogP contribution in [0.3, 0.4) is 0 Å². The van der Waals surface area contributed by atoms with E-state index in [9.17, 15) is 4.79 Å². The van der Waals surface area contributed by atoms with E-state index in [4.69, 9.17) is 5.11 Å². The van der Waals surface area contributed by atoms with E-state index in [1.165, 1.54) is 11.1 Å². The van der Waals surface area contributed by atoms with E-state index >= 15 is 0 Å². The standard InChI is InChI=1S/C9H15N3O2/c1-7(13)5-11(2)9(14)8-4-10-12(3)6-8/h4,6-7,13H,5H2,1-3H3. The van der Waals surface area contributed by atoms with Gasteiger partial charge in [-0.1, -0.05) is 0 Å². The van der Waals surface area contributed by atoms with Crippen molar-refractivity contribution >= 4 is 5.91 Å². The second kappa shape index (κ2) is 4.23. The summed E-state index contributed by atoms with van der Waals surface area (Å²) < 4.78 is 1.57. The molecule has 0 saturated heterocycles. The Labute approximate surface area is 82.9 Å². The SMILES string of the molecule is CC(O)CN(C)C(=O)c1cnn(C)c1. The Bertz CT molecular complexity index is 320. The molecule has 14 heavy (non-hydrogen) atoms. The third kappa shape index (κ3) is 2.56. The van der Waals surface area contributed by atoms with E-state index in [0.717, 1.165) is 0 Å². The normalized spacial score (nSPS) is 12.6. The monoisotopic (exact) mass is 197 g/mol. The molecule has 5 nitrogen and oxygen atoms in total. The summed E-state index contributed by atoms with van der Waals surface area (Å²) in [4.78, 5) is 13.1. The zero-order chi connectivity index (χ0) is 10.7. The minimum atomic E-state index is -0.513. The molecule has 78 valence electrons. The third-order valence-electron chi connectivity index (χ3n) is 1.84. The maximum Gasteiger partial charge on any atom is 0.256 e. The van der Waals surface area contributed by atoms with Gasteiger partial charge in [-0.25, -0.2) is 0 Å². The Balaban J connectivity index is 2.65. The Morgan fingerprint density at radius 1 is 1.79 bits per heavy atom. The first-order valence-corrected chi connectivity index (χ1v) is 4.43. The summed E-state index contributed by atoms with van der Waals surface area (Å²) in [5.41, 5.74) is 0.538. The predicted octanol–water partition coefficient (Wildman–Crippen LogP) is -0.127. The molecule has 1 aromatic rings. The number of aliphatic hydroxyl groups is 1. The van der Waals surface area contributed by atoms with E-state index in [1.807, 2.05) is 0 Å². The largest absolute Gasteiger partial charge is 0.392 e. The molecule has 1 amide bonds. The maximum atomic E-state index is 11.7. The van der Waals surface area contributed by atoms with Crippen LogP contribution in [0.2, 0.25) is 0 Å². The first-order valence-electron chi connectivity index (χ1n) is 4.43. The molecule has 0 fully saturated rings. The molecule has 0 aromatic carbocycles. The van der Waals surface area contributed by atoms with E-state index in [2.05, 4.69) is 5.10 Å². The summed E-state index contributed by atoms with van der Waals surface area (Å²) in [6.45, 7) is 1.97. The number of aliphatic hydroxyl groups excluding tert-OH is 1. The van der Waals surface area contributed by atoms with E-state index < -0.39 is 6.10 Å². The molecule has 1 heterocycles. The molecule has 0 aliphatic heterocycles. The Kier molecular flexibility index (Phi) is 3.24. The van der Waals surface area contributed by atoms with Crippen molar-refractivity contribution in [2.24, 2.45) is 7.05 Å². The van der Waals surface area contributed by atoms with Crippen molar-refractivity contribution in [1.82, 2.24) is 14.7 Å². The van der Waals surface area contributed by atoms with Gasteiger partial charge in [-0.05, 0) is 6.92 Å². The number of likely N-dealkylation sites (N-methyl/N-ethyl adjacent to an activating group) is 1. The molecule has 0 bridgehead atoms. The zero-order valence-corrected chi connectivity index (χ0v) is 8.64. The Hall–Kier alpha value is -1.36. The van der Waals surface area contributed by atoms with Crippen LogP contribution in [0, 0.1) is 0 Å². The van der Waals surface area contributed by atoms with Crippen molar-refractivity contribution in [3.63, 3.8) is 0 Å². The van der Waals surface area contributed by atoms with Gasteiger partial charge < -0.3 is 10.0 Å². The van der Waals surface area contributed by atoms with Crippen LogP contribution >= 0.6 is 0 Å². The second-order valence-corrected chi connectivity index (χ2v) is 3.44. The van der Waals surface area contributed by atoms with Crippen molar-refractivity contribution in [1.29, 1.82) is 0 Å². The van der Waals surface area contributed by atoms with Gasteiger partial charge in [0.25, 0.3) is 5.91 Å². The zero-order valence-electron chi connectivity index (χ0n) is 8.64. The van der Waals surface area contributed by atoms with Crippen LogP contribution in [0.4, 0.5) is 0 Å². The lowest BCUT2D eigenvalue weighted by Gasteiger charge is -2.17. The number of hydrogen-bond acceptors (Lipinski definition) is 3. The minimum absolute atomic E-state index is 0.126. The molecule has 1 aromatic heterocycles. The third-order valence-corrected chi connectivity index (χ3v) is 1.84. The Morgan fingerprint density at radius 2 is 2.43 bits per heavy atom. The fourth-order valence-electron chi connectivity index (χ4n) is 1.23. The summed E-state index contributed by atoms with van der Waals surface area (Å²) >= 11 is 0. The van der Waals surface area contributed by atoms with Crippen LogP contribution in [-0.2, 0) is 7.05 Å². The first kappa shape index (κ1) is 10.7. The van der Waals surface area contributed by atoms with Crippen LogP contribution in [0.1, 0.15) is 17.3 Å². The number of carbonyl (C=O) groups is 1. The fraction of sp³-hybridized carbons (Fsp3) is 0.556. The van der Waals surface area contributed by atoms with E-state index in [1.54, 1.807) is 31.9 Å². The van der Waals surface area contributed by atoms with Crippen molar-refractivity contribution in [2.75, 3.05) is 13.6 Å². The lowest BCUT2D eigenvalue weighted by molar-refractivity contribution is 0.0703. The van der Waals surface area contributed by atoms with Crippen LogP contribution in [0.25, 0.3) is 0 Å². The molecule has 1 N–H and O–H groups in total. The highest BCUT2D eigenvalue weighted by molar-refractivity contribution is 5.93. The summed E-state index contributed by atoms with van der Waals surface area (Å²) in [5.74, 6) is -0.126. The van der Waals surface area contributed by atoms with Crippen LogP contribution in [0.15, 0.2) is 12.4 Å². The van der Waals surface area contributed by atoms with Gasteiger partial charge in [0.15, 0.2) is 0 Å². The molecule has 0 radical (unpaired) electrons. The van der Waals surface area contributed by atoms with Crippen molar-refractivity contribution < 1.29 is 9.90 Å². The average Bonchev–Trinajstić information content (AvgIpc) is 2.49. The van der Waals surface area contributed by atoms with Crippen molar-refractivity contribution in [2.45, 2.75) is 13.0 Å². The van der Waals surface area contributed by atoms with Gasteiger partial charge in [-0.3, -0.25) is 9.48 Å². The molecule has 1 rings (SSSR count). The van der Waals surface area contributed by atoms with Gasteiger partial charge in [-0.2, -0.15) is 5.10 Å². The minimum Gasteiger partial charge on any atom is -0.392 e. The van der Waals surface area contributed by atoms with Gasteiger partial charge in [0.2, 0.25) is 0 Å².